The van der Waals surface area contributed by atoms with Crippen molar-refractivity contribution in [2.24, 2.45) is 0 Å². The minimum absolute atomic E-state index is 0.252. The maximum absolute atomic E-state index is 11.9. The number of aromatic amines is 1. The van der Waals surface area contributed by atoms with E-state index in [2.05, 4.69) is 34.9 Å². The Morgan fingerprint density at radius 3 is 2.86 bits per heavy atom. The van der Waals surface area contributed by atoms with Crippen molar-refractivity contribution in [3.63, 3.8) is 0 Å². The first-order valence-electron chi connectivity index (χ1n) is 8.63. The highest BCUT2D eigenvalue weighted by molar-refractivity contribution is 5.58. The third kappa shape index (κ3) is 4.31. The van der Waals surface area contributed by atoms with E-state index < -0.39 is 6.36 Å². The number of hydrogen-bond donors (Lipinski definition) is 1. The van der Waals surface area contributed by atoms with E-state index in [-0.39, 0.29) is 11.3 Å². The van der Waals surface area contributed by atoms with Crippen LogP contribution < -0.4 is 9.64 Å². The van der Waals surface area contributed by atoms with E-state index in [0.717, 1.165) is 30.9 Å². The van der Waals surface area contributed by atoms with Gasteiger partial charge >= 0.3 is 12.4 Å². The van der Waals surface area contributed by atoms with E-state index in [9.17, 15) is 13.2 Å². The number of hydrogen-bond acceptors (Lipinski definition) is 7. The zero-order chi connectivity index (χ0) is 20.4. The standard InChI is InChI=1S/C9H11N5O.C8H5F3N2O/c1-6-12-13-9(15-6)14-3-2-7-8(4-14)11-5-10-7;9-8(10,11)14-7-2-1-5-13-6(7)3-4-12-13/h5H,2-4H2,1H3,(H,10,11);1-5H. The van der Waals surface area contributed by atoms with Gasteiger partial charge in [-0.15, -0.1) is 18.3 Å². The molecule has 0 unspecified atom stereocenters. The second-order valence-electron chi connectivity index (χ2n) is 6.18. The van der Waals surface area contributed by atoms with Crippen molar-refractivity contribution in [3.05, 3.63) is 54.2 Å². The number of alkyl halides is 3. The highest BCUT2D eigenvalue weighted by Gasteiger charge is 2.31. The molecule has 12 heteroatoms. The van der Waals surface area contributed by atoms with Crippen molar-refractivity contribution in [2.75, 3.05) is 11.4 Å². The molecule has 0 atom stereocenters. The molecule has 0 fully saturated rings. The lowest BCUT2D eigenvalue weighted by Crippen LogP contribution is -2.30. The molecule has 4 aromatic rings. The van der Waals surface area contributed by atoms with Crippen molar-refractivity contribution in [2.45, 2.75) is 26.3 Å². The summed E-state index contributed by atoms with van der Waals surface area (Å²) < 4.78 is 46.3. The topological polar surface area (TPSA) is 97.4 Å². The number of nitrogens with zero attached hydrogens (tertiary/aromatic N) is 6. The minimum Gasteiger partial charge on any atom is -0.408 e. The fraction of sp³-hybridized carbons (Fsp3) is 0.294. The maximum atomic E-state index is 11.9. The number of H-pyrrole nitrogens is 1. The van der Waals surface area contributed by atoms with Crippen LogP contribution in [-0.4, -0.2) is 42.7 Å². The number of halogens is 3. The molecule has 0 aromatic carbocycles. The zero-order valence-electron chi connectivity index (χ0n) is 15.2. The molecule has 0 bridgehead atoms. The number of anilines is 1. The smallest absolute Gasteiger partial charge is 0.408 e. The summed E-state index contributed by atoms with van der Waals surface area (Å²) in [6, 6.07) is 4.71. The van der Waals surface area contributed by atoms with Gasteiger partial charge in [-0.2, -0.15) is 5.10 Å². The Morgan fingerprint density at radius 1 is 1.24 bits per heavy atom. The molecular formula is C17H16F3N7O2. The number of aryl methyl sites for hydroxylation is 1. The summed E-state index contributed by atoms with van der Waals surface area (Å²) in [5.74, 6) is 0.345. The summed E-state index contributed by atoms with van der Waals surface area (Å²) in [5.41, 5.74) is 2.56. The fourth-order valence-corrected chi connectivity index (χ4v) is 2.93. The Morgan fingerprint density at radius 2 is 2.10 bits per heavy atom. The van der Waals surface area contributed by atoms with E-state index in [1.54, 1.807) is 19.4 Å². The molecule has 0 aliphatic carbocycles. The van der Waals surface area contributed by atoms with E-state index in [1.807, 2.05) is 0 Å². The summed E-state index contributed by atoms with van der Waals surface area (Å²) in [4.78, 5) is 9.42. The van der Waals surface area contributed by atoms with E-state index in [1.165, 1.54) is 28.9 Å². The predicted molar refractivity (Wildman–Crippen MR) is 94.3 cm³/mol. The molecule has 1 aliphatic rings. The van der Waals surface area contributed by atoms with Gasteiger partial charge in [-0.3, -0.25) is 0 Å². The first-order chi connectivity index (χ1) is 13.9. The molecule has 4 aromatic heterocycles. The molecule has 0 spiro atoms. The summed E-state index contributed by atoms with van der Waals surface area (Å²) in [6.45, 7) is 3.43. The van der Waals surface area contributed by atoms with E-state index in [0.29, 0.717) is 11.9 Å². The Balaban J connectivity index is 0.000000142. The van der Waals surface area contributed by atoms with Crippen LogP contribution in [0.3, 0.4) is 0 Å². The van der Waals surface area contributed by atoms with Crippen molar-refractivity contribution in [1.29, 1.82) is 0 Å². The van der Waals surface area contributed by atoms with Gasteiger partial charge in [0.1, 0.15) is 5.52 Å². The molecule has 0 radical (unpaired) electrons. The van der Waals surface area contributed by atoms with Gasteiger partial charge < -0.3 is 19.0 Å². The normalized spacial score (nSPS) is 13.7. The third-order valence-corrected chi connectivity index (χ3v) is 4.18. The number of fused-ring (bicyclic) bond motifs is 2. The maximum Gasteiger partial charge on any atom is 0.573 e. The molecule has 0 saturated carbocycles. The Hall–Kier alpha value is -3.57. The molecule has 152 valence electrons. The summed E-state index contributed by atoms with van der Waals surface area (Å²) in [7, 11) is 0. The van der Waals surface area contributed by atoms with Crippen LogP contribution in [0, 0.1) is 6.92 Å². The largest absolute Gasteiger partial charge is 0.573 e. The van der Waals surface area contributed by atoms with Gasteiger partial charge in [0, 0.05) is 26.1 Å². The van der Waals surface area contributed by atoms with Gasteiger partial charge in [-0.1, -0.05) is 5.10 Å². The van der Waals surface area contributed by atoms with Crippen molar-refractivity contribution >= 4 is 11.5 Å². The second kappa shape index (κ2) is 7.45. The first kappa shape index (κ1) is 18.8. The minimum atomic E-state index is -4.67. The molecule has 9 nitrogen and oxygen atoms in total. The van der Waals surface area contributed by atoms with Gasteiger partial charge in [0.25, 0.3) is 0 Å². The Labute approximate surface area is 162 Å². The monoisotopic (exact) mass is 407 g/mol. The zero-order valence-corrected chi connectivity index (χ0v) is 15.2. The number of aromatic nitrogens is 6. The molecule has 29 heavy (non-hydrogen) atoms. The van der Waals surface area contributed by atoms with E-state index >= 15 is 0 Å². The van der Waals surface area contributed by atoms with Crippen LogP contribution >= 0.6 is 0 Å². The number of rotatable bonds is 2. The molecule has 1 N–H and O–H groups in total. The number of ether oxygens (including phenoxy) is 1. The average Bonchev–Trinajstić information content (AvgIpc) is 3.40. The van der Waals surface area contributed by atoms with Gasteiger partial charge in [0.05, 0.1) is 30.5 Å². The van der Waals surface area contributed by atoms with Crippen molar-refractivity contribution < 1.29 is 22.3 Å². The predicted octanol–water partition coefficient (Wildman–Crippen LogP) is 2.90. The lowest BCUT2D eigenvalue weighted by molar-refractivity contribution is -0.274. The highest BCUT2D eigenvalue weighted by Crippen LogP contribution is 2.26. The van der Waals surface area contributed by atoms with Crippen molar-refractivity contribution in [1.82, 2.24) is 29.8 Å². The van der Waals surface area contributed by atoms with Crippen LogP contribution in [0.1, 0.15) is 17.3 Å². The number of pyridine rings is 1. The lowest BCUT2D eigenvalue weighted by atomic mass is 10.1. The summed E-state index contributed by atoms with van der Waals surface area (Å²) >= 11 is 0. The highest BCUT2D eigenvalue weighted by atomic mass is 19.4. The molecule has 1 aliphatic heterocycles. The molecular weight excluding hydrogens is 391 g/mol. The van der Waals surface area contributed by atoms with Crippen LogP contribution in [0.15, 0.2) is 41.3 Å². The quantitative estimate of drug-likeness (QED) is 0.546. The average molecular weight is 407 g/mol. The SMILES string of the molecule is Cc1nnc(N2CCc3nc[nH]c3C2)o1.FC(F)(F)Oc1cccn2nccc12. The van der Waals surface area contributed by atoms with Crippen LogP contribution in [0.5, 0.6) is 5.75 Å². The van der Waals surface area contributed by atoms with Crippen LogP contribution in [0.4, 0.5) is 19.2 Å². The van der Waals surface area contributed by atoms with Gasteiger partial charge in [0.2, 0.25) is 5.89 Å². The second-order valence-corrected chi connectivity index (χ2v) is 6.18. The van der Waals surface area contributed by atoms with Gasteiger partial charge in [-0.25, -0.2) is 9.50 Å². The molecule has 5 heterocycles. The lowest BCUT2D eigenvalue weighted by Gasteiger charge is -2.23. The van der Waals surface area contributed by atoms with Gasteiger partial charge in [-0.05, 0) is 18.2 Å². The third-order valence-electron chi connectivity index (χ3n) is 4.18. The first-order valence-corrected chi connectivity index (χ1v) is 8.63. The fourth-order valence-electron chi connectivity index (χ4n) is 2.93. The van der Waals surface area contributed by atoms with Crippen LogP contribution in [-0.2, 0) is 13.0 Å². The molecule has 5 rings (SSSR count). The Bertz CT molecular complexity index is 1100. The summed E-state index contributed by atoms with van der Waals surface area (Å²) in [6.07, 6.45) is 0.913. The Kier molecular flexibility index (Phi) is 4.82. The number of nitrogens with one attached hydrogen (secondary N) is 1. The number of imidazole rings is 1. The van der Waals surface area contributed by atoms with Gasteiger partial charge in [0.15, 0.2) is 5.75 Å². The van der Waals surface area contributed by atoms with Crippen LogP contribution in [0.25, 0.3) is 5.52 Å². The van der Waals surface area contributed by atoms with Crippen LogP contribution in [0.2, 0.25) is 0 Å². The molecule has 0 saturated heterocycles. The van der Waals surface area contributed by atoms with Crippen molar-refractivity contribution in [3.8, 4) is 5.75 Å². The van der Waals surface area contributed by atoms with E-state index in [4.69, 9.17) is 4.42 Å². The molecule has 0 amide bonds. The summed E-state index contributed by atoms with van der Waals surface area (Å²) in [5, 5.41) is 11.6.